The van der Waals surface area contributed by atoms with E-state index < -0.39 is 6.04 Å². The number of Topliss-reactive ketones (excluding diaryl/α,β-unsaturated/α-hetero) is 1. The molecule has 2 N–H and O–H groups in total. The summed E-state index contributed by atoms with van der Waals surface area (Å²) in [6.07, 6.45) is 2.06. The minimum absolute atomic E-state index is 0.0447. The van der Waals surface area contributed by atoms with Crippen molar-refractivity contribution in [1.82, 2.24) is 10.1 Å². The lowest BCUT2D eigenvalue weighted by Gasteiger charge is -2.26. The molecule has 2 atom stereocenters. The largest absolute Gasteiger partial charge is 0.379 e. The number of aryl methyl sites for hydroxylation is 2. The molecule has 160 valence electrons. The summed E-state index contributed by atoms with van der Waals surface area (Å²) < 4.78 is 20.0. The zero-order valence-electron chi connectivity index (χ0n) is 16.9. The van der Waals surface area contributed by atoms with Gasteiger partial charge in [-0.3, -0.25) is 14.8 Å². The number of halogens is 2. The first kappa shape index (κ1) is 21.5. The number of thioether (sulfide) groups is 1. The van der Waals surface area contributed by atoms with Crippen LogP contribution in [0.25, 0.3) is 0 Å². The van der Waals surface area contributed by atoms with Gasteiger partial charge in [0.05, 0.1) is 16.8 Å². The smallest absolute Gasteiger partial charge is 0.185 e. The number of ketones is 1. The number of carbonyl (C=O) groups excluding carboxylic acids is 1. The normalized spacial score (nSPS) is 18.6. The van der Waals surface area contributed by atoms with Gasteiger partial charge < -0.3 is 10.3 Å². The van der Waals surface area contributed by atoms with Crippen molar-refractivity contribution in [3.8, 4) is 0 Å². The Labute approximate surface area is 188 Å². The quantitative estimate of drug-likeness (QED) is 0.532. The molecule has 0 amide bonds. The van der Waals surface area contributed by atoms with Gasteiger partial charge in [-0.15, -0.1) is 0 Å². The second-order valence-electron chi connectivity index (χ2n) is 7.38. The summed E-state index contributed by atoms with van der Waals surface area (Å²) in [5.74, 6) is 0.163. The molecule has 0 radical (unpaired) electrons. The Bertz CT molecular complexity index is 1140. The minimum Gasteiger partial charge on any atom is -0.379 e. The molecule has 0 unspecified atom stereocenters. The van der Waals surface area contributed by atoms with Crippen molar-refractivity contribution in [1.29, 1.82) is 0 Å². The van der Waals surface area contributed by atoms with E-state index in [4.69, 9.17) is 21.9 Å². The van der Waals surface area contributed by atoms with Crippen LogP contribution in [0, 0.1) is 19.7 Å². The highest BCUT2D eigenvalue weighted by Gasteiger charge is 2.31. The van der Waals surface area contributed by atoms with Gasteiger partial charge in [-0.25, -0.2) is 4.39 Å². The number of aliphatic imine (C=N–C) groups is 1. The summed E-state index contributed by atoms with van der Waals surface area (Å²) in [6, 6.07) is 7.37. The molecular weight excluding hydrogens is 439 g/mol. The monoisotopic (exact) mass is 458 g/mol. The van der Waals surface area contributed by atoms with Crippen LogP contribution in [0.2, 0.25) is 5.02 Å². The van der Waals surface area contributed by atoms with Crippen molar-refractivity contribution < 1.29 is 13.7 Å². The molecule has 2 aromatic heterocycles. The molecule has 9 heteroatoms. The fraction of sp³-hybridized carbons (Fsp3) is 0.273. The molecule has 0 saturated carbocycles. The van der Waals surface area contributed by atoms with Gasteiger partial charge in [0.2, 0.25) is 0 Å². The van der Waals surface area contributed by atoms with E-state index in [-0.39, 0.29) is 23.3 Å². The predicted octanol–water partition coefficient (Wildman–Crippen LogP) is 5.14. The Morgan fingerprint density at radius 1 is 1.32 bits per heavy atom. The molecule has 3 heterocycles. The third-order valence-corrected chi connectivity index (χ3v) is 6.47. The van der Waals surface area contributed by atoms with Crippen LogP contribution < -0.4 is 5.73 Å². The summed E-state index contributed by atoms with van der Waals surface area (Å²) in [5, 5.41) is 4.81. The van der Waals surface area contributed by atoms with Crippen molar-refractivity contribution in [2.75, 3.05) is 0 Å². The number of benzene rings is 1. The number of carbonyl (C=O) groups is 1. The molecule has 1 aliphatic rings. The van der Waals surface area contributed by atoms with E-state index >= 15 is 0 Å². The standard InChI is InChI=1S/C22H20ClFN4O2S/c1-11-21(12(2)30-28-11)20-9-18(27-22(25)31-20)15-7-13(3-5-16(15)24)8-19(29)17-6-4-14(23)10-26-17/h3-7,10,18,20H,8-9H2,1-2H3,(H2,25,27)/t18-,20-/m0/s1. The maximum atomic E-state index is 14.8. The summed E-state index contributed by atoms with van der Waals surface area (Å²) in [6.45, 7) is 3.73. The van der Waals surface area contributed by atoms with E-state index in [1.54, 1.807) is 24.3 Å². The number of nitrogens with zero attached hydrogens (tertiary/aromatic N) is 3. The van der Waals surface area contributed by atoms with Crippen LogP contribution in [-0.4, -0.2) is 21.1 Å². The highest BCUT2D eigenvalue weighted by Crippen LogP contribution is 2.45. The second kappa shape index (κ2) is 8.80. The van der Waals surface area contributed by atoms with Crippen LogP contribution in [0.3, 0.4) is 0 Å². The Balaban J connectivity index is 1.59. The molecule has 0 spiro atoms. The summed E-state index contributed by atoms with van der Waals surface area (Å²) in [7, 11) is 0. The number of nitrogens with two attached hydrogens (primary N) is 1. The average Bonchev–Trinajstić information content (AvgIpc) is 3.07. The Kier molecular flexibility index (Phi) is 6.11. The molecule has 3 aromatic rings. The van der Waals surface area contributed by atoms with Gasteiger partial charge in [-0.1, -0.05) is 40.7 Å². The summed E-state index contributed by atoms with van der Waals surface area (Å²) in [4.78, 5) is 21.1. The van der Waals surface area contributed by atoms with Crippen molar-refractivity contribution in [2.24, 2.45) is 10.7 Å². The number of hydrogen-bond donors (Lipinski definition) is 1. The van der Waals surface area contributed by atoms with Crippen LogP contribution in [-0.2, 0) is 6.42 Å². The molecule has 31 heavy (non-hydrogen) atoms. The van der Waals surface area contributed by atoms with Crippen molar-refractivity contribution in [2.45, 2.75) is 38.0 Å². The molecule has 1 aromatic carbocycles. The fourth-order valence-corrected chi connectivity index (χ4v) is 5.06. The summed E-state index contributed by atoms with van der Waals surface area (Å²) in [5.41, 5.74) is 9.24. The molecule has 6 nitrogen and oxygen atoms in total. The van der Waals surface area contributed by atoms with Gasteiger partial charge in [0.1, 0.15) is 17.3 Å². The Hall–Kier alpha value is -2.71. The lowest BCUT2D eigenvalue weighted by molar-refractivity contribution is 0.0988. The SMILES string of the molecule is Cc1noc(C)c1[C@@H]1C[C@@H](c2cc(CC(=O)c3ccc(Cl)cn3)ccc2F)N=C(N)S1. The first-order chi connectivity index (χ1) is 14.8. The number of pyridine rings is 1. The first-order valence-corrected chi connectivity index (χ1v) is 10.9. The third-order valence-electron chi connectivity index (χ3n) is 5.19. The lowest BCUT2D eigenvalue weighted by Crippen LogP contribution is -2.20. The second-order valence-corrected chi connectivity index (χ2v) is 9.04. The van der Waals surface area contributed by atoms with Gasteiger partial charge in [-0.2, -0.15) is 0 Å². The Morgan fingerprint density at radius 2 is 2.13 bits per heavy atom. The van der Waals surface area contributed by atoms with Crippen LogP contribution in [0.4, 0.5) is 4.39 Å². The number of aromatic nitrogens is 2. The molecule has 0 aliphatic carbocycles. The van der Waals surface area contributed by atoms with Gasteiger partial charge in [0.25, 0.3) is 0 Å². The number of amidine groups is 1. The average molecular weight is 459 g/mol. The van der Waals surface area contributed by atoms with Crippen LogP contribution in [0.1, 0.15) is 56.3 Å². The molecule has 0 fully saturated rings. The van der Waals surface area contributed by atoms with E-state index in [1.807, 2.05) is 13.8 Å². The number of hydrogen-bond acceptors (Lipinski definition) is 7. The van der Waals surface area contributed by atoms with Gasteiger partial charge in [0.15, 0.2) is 11.0 Å². The van der Waals surface area contributed by atoms with Crippen LogP contribution in [0.15, 0.2) is 46.0 Å². The van der Waals surface area contributed by atoms with Crippen LogP contribution >= 0.6 is 23.4 Å². The van der Waals surface area contributed by atoms with Crippen molar-refractivity contribution in [3.05, 3.63) is 81.2 Å². The van der Waals surface area contributed by atoms with Crippen molar-refractivity contribution >= 4 is 34.3 Å². The first-order valence-electron chi connectivity index (χ1n) is 9.67. The van der Waals surface area contributed by atoms with Gasteiger partial charge >= 0.3 is 0 Å². The molecule has 0 saturated heterocycles. The maximum Gasteiger partial charge on any atom is 0.185 e. The predicted molar refractivity (Wildman–Crippen MR) is 119 cm³/mol. The van der Waals surface area contributed by atoms with E-state index in [9.17, 15) is 9.18 Å². The van der Waals surface area contributed by atoms with E-state index in [2.05, 4.69) is 15.1 Å². The summed E-state index contributed by atoms with van der Waals surface area (Å²) >= 11 is 7.25. The van der Waals surface area contributed by atoms with Crippen LogP contribution in [0.5, 0.6) is 0 Å². The molecule has 1 aliphatic heterocycles. The lowest BCUT2D eigenvalue weighted by atomic mass is 9.95. The topological polar surface area (TPSA) is 94.4 Å². The van der Waals surface area contributed by atoms with E-state index in [1.165, 1.54) is 24.0 Å². The Morgan fingerprint density at radius 3 is 2.81 bits per heavy atom. The molecule has 4 rings (SSSR count). The van der Waals surface area contributed by atoms with E-state index in [0.29, 0.717) is 33.4 Å². The third kappa shape index (κ3) is 4.65. The zero-order valence-corrected chi connectivity index (χ0v) is 18.5. The van der Waals surface area contributed by atoms with E-state index in [0.717, 1.165) is 17.0 Å². The van der Waals surface area contributed by atoms with Gasteiger partial charge in [0, 0.05) is 29.0 Å². The maximum absolute atomic E-state index is 14.8. The zero-order chi connectivity index (χ0) is 22.1. The number of rotatable bonds is 5. The fourth-order valence-electron chi connectivity index (χ4n) is 3.73. The highest BCUT2D eigenvalue weighted by atomic mass is 35.5. The molecular formula is C22H20ClFN4O2S. The van der Waals surface area contributed by atoms with Gasteiger partial charge in [-0.05, 0) is 44.0 Å². The highest BCUT2D eigenvalue weighted by molar-refractivity contribution is 8.14. The van der Waals surface area contributed by atoms with Crippen molar-refractivity contribution in [3.63, 3.8) is 0 Å². The minimum atomic E-state index is -0.469. The molecule has 0 bridgehead atoms.